The fourth-order valence-corrected chi connectivity index (χ4v) is 3.01. The average Bonchev–Trinajstić information content (AvgIpc) is 2.66. The molecule has 2 aromatic carbocycles. The SMILES string of the molecule is C=CCCOc1cccc2c1C(=O)c1c(OCCC=C)cc(N)cc1C2=O. The molecule has 0 saturated heterocycles. The van der Waals surface area contributed by atoms with E-state index >= 15 is 0 Å². The summed E-state index contributed by atoms with van der Waals surface area (Å²) in [6.07, 6.45) is 4.69. The van der Waals surface area contributed by atoms with Crippen molar-refractivity contribution in [2.45, 2.75) is 12.8 Å². The van der Waals surface area contributed by atoms with Crippen LogP contribution in [-0.2, 0) is 0 Å². The molecule has 5 nitrogen and oxygen atoms in total. The Morgan fingerprint density at radius 1 is 0.852 bits per heavy atom. The second-order valence-electron chi connectivity index (χ2n) is 6.13. The Kier molecular flexibility index (Phi) is 5.41. The number of carbonyl (C=O) groups excluding carboxylic acids is 2. The van der Waals surface area contributed by atoms with Crippen molar-refractivity contribution in [3.05, 3.63) is 77.9 Å². The van der Waals surface area contributed by atoms with E-state index in [2.05, 4.69) is 13.2 Å². The fraction of sp³-hybridized carbons (Fsp3) is 0.182. The molecule has 3 rings (SSSR count). The van der Waals surface area contributed by atoms with Crippen molar-refractivity contribution in [1.29, 1.82) is 0 Å². The molecule has 0 unspecified atom stereocenters. The first kappa shape index (κ1) is 18.5. The minimum absolute atomic E-state index is 0.227. The van der Waals surface area contributed by atoms with Gasteiger partial charge >= 0.3 is 0 Å². The van der Waals surface area contributed by atoms with Crippen molar-refractivity contribution in [1.82, 2.24) is 0 Å². The average molecular weight is 363 g/mol. The van der Waals surface area contributed by atoms with Crippen LogP contribution in [0.25, 0.3) is 0 Å². The zero-order valence-corrected chi connectivity index (χ0v) is 15.0. The minimum atomic E-state index is -0.303. The summed E-state index contributed by atoms with van der Waals surface area (Å²) in [4.78, 5) is 26.3. The first-order valence-electron chi connectivity index (χ1n) is 8.71. The zero-order chi connectivity index (χ0) is 19.4. The predicted octanol–water partition coefficient (Wildman–Crippen LogP) is 3.95. The fourth-order valence-electron chi connectivity index (χ4n) is 3.01. The van der Waals surface area contributed by atoms with Gasteiger partial charge in [0, 0.05) is 22.9 Å². The number of hydrogen-bond acceptors (Lipinski definition) is 5. The molecule has 5 heteroatoms. The molecule has 0 aromatic heterocycles. The van der Waals surface area contributed by atoms with Crippen LogP contribution in [0.3, 0.4) is 0 Å². The van der Waals surface area contributed by atoms with Gasteiger partial charge in [0.15, 0.2) is 5.78 Å². The second-order valence-corrected chi connectivity index (χ2v) is 6.13. The Bertz CT molecular complexity index is 930. The summed E-state index contributed by atoms with van der Waals surface area (Å²) < 4.78 is 11.4. The van der Waals surface area contributed by atoms with Crippen molar-refractivity contribution < 1.29 is 19.1 Å². The first-order chi connectivity index (χ1) is 13.1. The molecule has 0 amide bonds. The summed E-state index contributed by atoms with van der Waals surface area (Å²) in [5.74, 6) is 0.112. The van der Waals surface area contributed by atoms with Gasteiger partial charge in [0.05, 0.1) is 24.3 Å². The smallest absolute Gasteiger partial charge is 0.201 e. The van der Waals surface area contributed by atoms with Crippen LogP contribution in [0.15, 0.2) is 55.6 Å². The van der Waals surface area contributed by atoms with E-state index in [0.717, 1.165) is 0 Å². The largest absolute Gasteiger partial charge is 0.492 e. The lowest BCUT2D eigenvalue weighted by molar-refractivity contribution is 0.0972. The van der Waals surface area contributed by atoms with E-state index in [0.29, 0.717) is 48.8 Å². The first-order valence-corrected chi connectivity index (χ1v) is 8.71. The number of fused-ring (bicyclic) bond motifs is 2. The van der Waals surface area contributed by atoms with Gasteiger partial charge in [-0.15, -0.1) is 13.2 Å². The van der Waals surface area contributed by atoms with E-state index in [1.807, 2.05) is 0 Å². The van der Waals surface area contributed by atoms with Crippen LogP contribution in [-0.4, -0.2) is 24.8 Å². The molecule has 0 bridgehead atoms. The molecule has 0 aliphatic heterocycles. The van der Waals surface area contributed by atoms with E-state index < -0.39 is 0 Å². The molecule has 0 heterocycles. The number of nitrogens with two attached hydrogens (primary N) is 1. The summed E-state index contributed by atoms with van der Waals surface area (Å²) in [5.41, 5.74) is 7.35. The van der Waals surface area contributed by atoms with Crippen molar-refractivity contribution >= 4 is 17.3 Å². The summed E-state index contributed by atoms with van der Waals surface area (Å²) in [5, 5.41) is 0. The maximum absolute atomic E-state index is 13.3. The normalized spacial score (nSPS) is 12.1. The summed E-state index contributed by atoms with van der Waals surface area (Å²) in [6.45, 7) is 8.02. The second kappa shape index (κ2) is 7.91. The van der Waals surface area contributed by atoms with Crippen LogP contribution >= 0.6 is 0 Å². The lowest BCUT2D eigenvalue weighted by atomic mass is 9.83. The topological polar surface area (TPSA) is 78.6 Å². The third-order valence-electron chi connectivity index (χ3n) is 4.25. The molecule has 0 fully saturated rings. The molecule has 1 aliphatic carbocycles. The Morgan fingerprint density at radius 3 is 2.15 bits per heavy atom. The summed E-state index contributed by atoms with van der Waals surface area (Å²) in [7, 11) is 0. The number of ketones is 2. The van der Waals surface area contributed by atoms with Gasteiger partial charge in [-0.05, 0) is 25.0 Å². The number of rotatable bonds is 8. The van der Waals surface area contributed by atoms with Crippen molar-refractivity contribution in [2.75, 3.05) is 18.9 Å². The summed E-state index contributed by atoms with van der Waals surface area (Å²) >= 11 is 0. The van der Waals surface area contributed by atoms with Crippen LogP contribution in [0.4, 0.5) is 5.69 Å². The predicted molar refractivity (Wildman–Crippen MR) is 105 cm³/mol. The van der Waals surface area contributed by atoms with Gasteiger partial charge in [-0.3, -0.25) is 9.59 Å². The molecular weight excluding hydrogens is 342 g/mol. The van der Waals surface area contributed by atoms with Gasteiger partial charge in [0.1, 0.15) is 11.5 Å². The Balaban J connectivity index is 2.09. The highest BCUT2D eigenvalue weighted by molar-refractivity contribution is 6.30. The van der Waals surface area contributed by atoms with Gasteiger partial charge in [0.25, 0.3) is 0 Å². The maximum Gasteiger partial charge on any atom is 0.201 e. The monoisotopic (exact) mass is 363 g/mol. The number of benzene rings is 2. The molecule has 0 saturated carbocycles. The van der Waals surface area contributed by atoms with Crippen LogP contribution in [0.2, 0.25) is 0 Å². The van der Waals surface area contributed by atoms with E-state index in [9.17, 15) is 9.59 Å². The zero-order valence-electron chi connectivity index (χ0n) is 15.0. The molecule has 0 spiro atoms. The van der Waals surface area contributed by atoms with Gasteiger partial charge in [0.2, 0.25) is 5.78 Å². The number of hydrogen-bond donors (Lipinski definition) is 1. The number of ether oxygens (including phenoxy) is 2. The molecule has 2 aromatic rings. The third kappa shape index (κ3) is 3.49. The van der Waals surface area contributed by atoms with Gasteiger partial charge in [-0.25, -0.2) is 0 Å². The van der Waals surface area contributed by atoms with Crippen molar-refractivity contribution in [3.8, 4) is 11.5 Å². The summed E-state index contributed by atoms with van der Waals surface area (Å²) in [6, 6.07) is 8.10. The van der Waals surface area contributed by atoms with Crippen LogP contribution in [0.5, 0.6) is 11.5 Å². The molecular formula is C22H21NO4. The van der Waals surface area contributed by atoms with Crippen LogP contribution in [0.1, 0.15) is 44.7 Å². The molecule has 0 radical (unpaired) electrons. The molecule has 1 aliphatic rings. The van der Waals surface area contributed by atoms with E-state index in [1.54, 1.807) is 36.4 Å². The van der Waals surface area contributed by atoms with Gasteiger partial charge < -0.3 is 15.2 Å². The molecule has 0 atom stereocenters. The van der Waals surface area contributed by atoms with E-state index in [-0.39, 0.29) is 28.3 Å². The number of anilines is 1. The van der Waals surface area contributed by atoms with Crippen molar-refractivity contribution in [3.63, 3.8) is 0 Å². The lowest BCUT2D eigenvalue weighted by Gasteiger charge is -2.22. The lowest BCUT2D eigenvalue weighted by Crippen LogP contribution is -2.23. The molecule has 27 heavy (non-hydrogen) atoms. The Hall–Kier alpha value is -3.34. The number of nitrogen functional groups attached to an aromatic ring is 1. The quantitative estimate of drug-likeness (QED) is 0.372. The van der Waals surface area contributed by atoms with Gasteiger partial charge in [-0.1, -0.05) is 24.3 Å². The highest BCUT2D eigenvalue weighted by Gasteiger charge is 2.35. The third-order valence-corrected chi connectivity index (χ3v) is 4.25. The maximum atomic E-state index is 13.3. The van der Waals surface area contributed by atoms with E-state index in [1.165, 1.54) is 6.07 Å². The standard InChI is InChI=1S/C22H21NO4/c1-3-5-10-26-17-9-7-8-15-19(17)22(25)20-16(21(15)24)12-14(23)13-18(20)27-11-6-4-2/h3-4,7-9,12-13H,1-2,5-6,10-11,23H2. The van der Waals surface area contributed by atoms with Crippen LogP contribution < -0.4 is 15.2 Å². The number of carbonyl (C=O) groups is 2. The molecule has 138 valence electrons. The highest BCUT2D eigenvalue weighted by atomic mass is 16.5. The highest BCUT2D eigenvalue weighted by Crippen LogP contribution is 2.38. The Morgan fingerprint density at radius 2 is 1.48 bits per heavy atom. The van der Waals surface area contributed by atoms with Crippen LogP contribution in [0, 0.1) is 0 Å². The molecule has 2 N–H and O–H groups in total. The minimum Gasteiger partial charge on any atom is -0.492 e. The van der Waals surface area contributed by atoms with Gasteiger partial charge in [-0.2, -0.15) is 0 Å². The van der Waals surface area contributed by atoms with Crippen molar-refractivity contribution in [2.24, 2.45) is 0 Å². The Labute approximate surface area is 158 Å². The van der Waals surface area contributed by atoms with E-state index in [4.69, 9.17) is 15.2 Å².